The fourth-order valence-electron chi connectivity index (χ4n) is 1.41. The van der Waals surface area contributed by atoms with Gasteiger partial charge in [-0.25, -0.2) is 9.97 Å². The molecule has 0 radical (unpaired) electrons. The lowest BCUT2D eigenvalue weighted by Gasteiger charge is -2.07. The first-order valence-corrected chi connectivity index (χ1v) is 6.24. The summed E-state index contributed by atoms with van der Waals surface area (Å²) >= 11 is 0. The second-order valence-electron chi connectivity index (χ2n) is 4.09. The lowest BCUT2D eigenvalue weighted by molar-refractivity contribution is 0.305. The van der Waals surface area contributed by atoms with Gasteiger partial charge in [0, 0.05) is 12.3 Å². The Kier molecular flexibility index (Phi) is 4.60. The third-order valence-electron chi connectivity index (χ3n) is 2.38. The van der Waals surface area contributed by atoms with Gasteiger partial charge < -0.3 is 10.1 Å². The molecule has 2 aromatic rings. The normalized spacial score (nSPS) is 10.2. The van der Waals surface area contributed by atoms with Crippen LogP contribution >= 0.6 is 0 Å². The van der Waals surface area contributed by atoms with Gasteiger partial charge in [-0.1, -0.05) is 6.92 Å². The molecule has 0 amide bonds. The zero-order valence-electron chi connectivity index (χ0n) is 11.1. The topological polar surface area (TPSA) is 72.8 Å². The molecule has 2 heterocycles. The molecular formula is C13H17N5O. The van der Waals surface area contributed by atoms with Crippen LogP contribution < -0.4 is 10.1 Å². The van der Waals surface area contributed by atoms with Gasteiger partial charge >= 0.3 is 0 Å². The highest BCUT2D eigenvalue weighted by Crippen LogP contribution is 2.11. The van der Waals surface area contributed by atoms with Crippen LogP contribution in [0.25, 0.3) is 0 Å². The average molecular weight is 259 g/mol. The molecule has 0 bridgehead atoms. The van der Waals surface area contributed by atoms with Crippen LogP contribution in [0.1, 0.15) is 24.7 Å². The zero-order chi connectivity index (χ0) is 13.5. The quantitative estimate of drug-likeness (QED) is 0.855. The van der Waals surface area contributed by atoms with E-state index in [9.17, 15) is 0 Å². The minimum Gasteiger partial charge on any atom is -0.478 e. The number of nitrogens with zero attached hydrogens (tertiary/aromatic N) is 4. The van der Waals surface area contributed by atoms with Gasteiger partial charge in [0.05, 0.1) is 30.7 Å². The van der Waals surface area contributed by atoms with Crippen LogP contribution in [-0.4, -0.2) is 26.5 Å². The Labute approximate surface area is 112 Å². The van der Waals surface area contributed by atoms with Gasteiger partial charge in [-0.3, -0.25) is 9.97 Å². The monoisotopic (exact) mass is 259 g/mol. The molecule has 6 nitrogen and oxygen atoms in total. The van der Waals surface area contributed by atoms with E-state index in [-0.39, 0.29) is 0 Å². The summed E-state index contributed by atoms with van der Waals surface area (Å²) in [6.07, 6.45) is 5.92. The molecular weight excluding hydrogens is 242 g/mol. The van der Waals surface area contributed by atoms with Crippen LogP contribution in [0, 0.1) is 6.92 Å². The minimum atomic E-state index is 0.567. The van der Waals surface area contributed by atoms with Crippen molar-refractivity contribution in [3.05, 3.63) is 36.2 Å². The lowest BCUT2D eigenvalue weighted by atomic mass is 10.4. The zero-order valence-corrected chi connectivity index (χ0v) is 11.1. The van der Waals surface area contributed by atoms with Crippen molar-refractivity contribution < 1.29 is 4.74 Å². The van der Waals surface area contributed by atoms with Gasteiger partial charge in [-0.2, -0.15) is 0 Å². The lowest BCUT2D eigenvalue weighted by Crippen LogP contribution is -2.05. The molecule has 0 fully saturated rings. The van der Waals surface area contributed by atoms with E-state index in [0.29, 0.717) is 24.8 Å². The van der Waals surface area contributed by atoms with Crippen molar-refractivity contribution in [2.24, 2.45) is 0 Å². The first-order chi connectivity index (χ1) is 9.28. The van der Waals surface area contributed by atoms with Crippen LogP contribution in [0.4, 0.5) is 5.82 Å². The highest BCUT2D eigenvalue weighted by atomic mass is 16.5. The largest absolute Gasteiger partial charge is 0.478 e. The van der Waals surface area contributed by atoms with Crippen molar-refractivity contribution in [2.45, 2.75) is 26.8 Å². The fraction of sp³-hybridized carbons (Fsp3) is 0.385. The molecule has 2 rings (SSSR count). The summed E-state index contributed by atoms with van der Waals surface area (Å²) < 4.78 is 5.44. The summed E-state index contributed by atoms with van der Waals surface area (Å²) in [5.74, 6) is 1.29. The highest BCUT2D eigenvalue weighted by Gasteiger charge is 2.00. The van der Waals surface area contributed by atoms with E-state index in [2.05, 4.69) is 32.2 Å². The number of nitrogens with one attached hydrogen (secondary N) is 1. The molecule has 0 saturated heterocycles. The predicted octanol–water partition coefficient (Wildman–Crippen LogP) is 1.98. The molecule has 0 aliphatic rings. The van der Waals surface area contributed by atoms with Crippen LogP contribution in [-0.2, 0) is 6.54 Å². The molecule has 6 heteroatoms. The molecule has 0 aromatic carbocycles. The van der Waals surface area contributed by atoms with Gasteiger partial charge in [0.1, 0.15) is 12.1 Å². The maximum absolute atomic E-state index is 5.44. The van der Waals surface area contributed by atoms with Crippen LogP contribution in [0.5, 0.6) is 5.88 Å². The molecule has 100 valence electrons. The summed E-state index contributed by atoms with van der Waals surface area (Å²) in [4.78, 5) is 16.6. The number of anilines is 1. The summed E-state index contributed by atoms with van der Waals surface area (Å²) in [6, 6.07) is 1.78. The van der Waals surface area contributed by atoms with Crippen molar-refractivity contribution in [1.82, 2.24) is 19.9 Å². The number of rotatable bonds is 6. The van der Waals surface area contributed by atoms with E-state index >= 15 is 0 Å². The molecule has 0 unspecified atom stereocenters. The van der Waals surface area contributed by atoms with Gasteiger partial charge in [0.25, 0.3) is 0 Å². The fourth-order valence-corrected chi connectivity index (χ4v) is 1.41. The standard InChI is InChI=1S/C13H17N5O/c1-3-4-19-13-5-12(17-9-18-13)16-8-11-7-14-10(2)6-15-11/h5-7,9H,3-4,8H2,1-2H3,(H,16,17,18). The number of hydrogen-bond acceptors (Lipinski definition) is 6. The van der Waals surface area contributed by atoms with Crippen molar-refractivity contribution in [3.63, 3.8) is 0 Å². The summed E-state index contributed by atoms with van der Waals surface area (Å²) in [5.41, 5.74) is 1.77. The number of aromatic nitrogens is 4. The smallest absolute Gasteiger partial charge is 0.218 e. The van der Waals surface area contributed by atoms with Crippen molar-refractivity contribution >= 4 is 5.82 Å². The van der Waals surface area contributed by atoms with Crippen molar-refractivity contribution in [2.75, 3.05) is 11.9 Å². The predicted molar refractivity (Wildman–Crippen MR) is 71.9 cm³/mol. The Bertz CT molecular complexity index is 515. The van der Waals surface area contributed by atoms with Crippen molar-refractivity contribution in [1.29, 1.82) is 0 Å². The Hall–Kier alpha value is -2.24. The first kappa shape index (κ1) is 13.2. The highest BCUT2D eigenvalue weighted by molar-refractivity contribution is 5.37. The molecule has 2 aromatic heterocycles. The Morgan fingerprint density at radius 1 is 1.16 bits per heavy atom. The maximum Gasteiger partial charge on any atom is 0.218 e. The summed E-state index contributed by atoms with van der Waals surface area (Å²) in [5, 5.41) is 3.16. The molecule has 0 aliphatic heterocycles. The van der Waals surface area contributed by atoms with Crippen LogP contribution in [0.3, 0.4) is 0 Å². The molecule has 0 saturated carbocycles. The van der Waals surface area contributed by atoms with Crippen LogP contribution in [0.15, 0.2) is 24.8 Å². The summed E-state index contributed by atoms with van der Waals surface area (Å²) in [6.45, 7) is 5.18. The average Bonchev–Trinajstić information content (AvgIpc) is 2.45. The Morgan fingerprint density at radius 3 is 2.79 bits per heavy atom. The molecule has 0 spiro atoms. The van der Waals surface area contributed by atoms with E-state index in [0.717, 1.165) is 17.8 Å². The number of ether oxygens (including phenoxy) is 1. The van der Waals surface area contributed by atoms with E-state index in [1.165, 1.54) is 6.33 Å². The first-order valence-electron chi connectivity index (χ1n) is 6.24. The Morgan fingerprint density at radius 2 is 2.05 bits per heavy atom. The second-order valence-corrected chi connectivity index (χ2v) is 4.09. The van der Waals surface area contributed by atoms with E-state index in [4.69, 9.17) is 4.74 Å². The van der Waals surface area contributed by atoms with Gasteiger partial charge in [-0.05, 0) is 13.3 Å². The SMILES string of the molecule is CCCOc1cc(NCc2cnc(C)cn2)ncn1. The minimum absolute atomic E-state index is 0.567. The van der Waals surface area contributed by atoms with Crippen molar-refractivity contribution in [3.8, 4) is 5.88 Å². The molecule has 0 aliphatic carbocycles. The van der Waals surface area contributed by atoms with Gasteiger partial charge in [0.2, 0.25) is 5.88 Å². The third kappa shape index (κ3) is 4.17. The second kappa shape index (κ2) is 6.63. The van der Waals surface area contributed by atoms with E-state index in [1.807, 2.05) is 6.92 Å². The van der Waals surface area contributed by atoms with Gasteiger partial charge in [-0.15, -0.1) is 0 Å². The maximum atomic E-state index is 5.44. The van der Waals surface area contributed by atoms with E-state index < -0.39 is 0 Å². The van der Waals surface area contributed by atoms with Crippen LogP contribution in [0.2, 0.25) is 0 Å². The van der Waals surface area contributed by atoms with E-state index in [1.54, 1.807) is 18.5 Å². The number of aryl methyl sites for hydroxylation is 1. The number of hydrogen-bond donors (Lipinski definition) is 1. The third-order valence-corrected chi connectivity index (χ3v) is 2.38. The summed E-state index contributed by atoms with van der Waals surface area (Å²) in [7, 11) is 0. The molecule has 19 heavy (non-hydrogen) atoms. The van der Waals surface area contributed by atoms with Gasteiger partial charge in [0.15, 0.2) is 0 Å². The molecule has 1 N–H and O–H groups in total. The molecule has 0 atom stereocenters. The Balaban J connectivity index is 1.93.